The Labute approximate surface area is 125 Å². The summed E-state index contributed by atoms with van der Waals surface area (Å²) in [6.07, 6.45) is 1.52. The van der Waals surface area contributed by atoms with Crippen LogP contribution in [0.4, 0.5) is 4.39 Å². The molecule has 0 unspecified atom stereocenters. The molecule has 1 aliphatic carbocycles. The van der Waals surface area contributed by atoms with Crippen LogP contribution < -0.4 is 0 Å². The summed E-state index contributed by atoms with van der Waals surface area (Å²) in [5.74, 6) is -0.832. The fraction of sp³-hybridized carbons (Fsp3) is 0.643. The van der Waals surface area contributed by atoms with Crippen LogP contribution in [-0.4, -0.2) is 46.1 Å². The SMILES string of the molecule is O=C(O)c1csc(C2CCN(C(=O)C3CC(F)C3)CC2)n1. The van der Waals surface area contributed by atoms with Gasteiger partial charge in [0.2, 0.25) is 5.91 Å². The second kappa shape index (κ2) is 5.71. The summed E-state index contributed by atoms with van der Waals surface area (Å²) >= 11 is 1.37. The van der Waals surface area contributed by atoms with E-state index < -0.39 is 12.1 Å². The van der Waals surface area contributed by atoms with E-state index in [2.05, 4.69) is 4.98 Å². The summed E-state index contributed by atoms with van der Waals surface area (Å²) in [7, 11) is 0. The summed E-state index contributed by atoms with van der Waals surface area (Å²) in [5.41, 5.74) is 0.0944. The van der Waals surface area contributed by atoms with Gasteiger partial charge in [-0.1, -0.05) is 0 Å². The molecular formula is C14H17FN2O3S. The molecular weight excluding hydrogens is 295 g/mol. The number of carbonyl (C=O) groups excluding carboxylic acids is 1. The third-order valence-electron chi connectivity index (χ3n) is 4.33. The third-order valence-corrected chi connectivity index (χ3v) is 5.33. The lowest BCUT2D eigenvalue weighted by Gasteiger charge is -2.37. The molecule has 3 rings (SSSR count). The number of nitrogens with zero attached hydrogens (tertiary/aromatic N) is 2. The molecule has 1 N–H and O–H groups in total. The highest BCUT2D eigenvalue weighted by Crippen LogP contribution is 2.35. The molecule has 0 radical (unpaired) electrons. The van der Waals surface area contributed by atoms with Crippen molar-refractivity contribution in [2.45, 2.75) is 37.8 Å². The number of amides is 1. The number of halogens is 1. The molecule has 7 heteroatoms. The van der Waals surface area contributed by atoms with E-state index in [1.165, 1.54) is 11.3 Å². The lowest BCUT2D eigenvalue weighted by Crippen LogP contribution is -2.45. The molecule has 1 saturated heterocycles. The van der Waals surface area contributed by atoms with Crippen molar-refractivity contribution in [3.05, 3.63) is 16.1 Å². The highest BCUT2D eigenvalue weighted by atomic mass is 32.1. The van der Waals surface area contributed by atoms with Gasteiger partial charge < -0.3 is 10.0 Å². The Morgan fingerprint density at radius 1 is 1.33 bits per heavy atom. The molecule has 1 amide bonds. The van der Waals surface area contributed by atoms with Gasteiger partial charge in [0.05, 0.1) is 5.01 Å². The molecule has 0 spiro atoms. The van der Waals surface area contributed by atoms with Crippen molar-refractivity contribution >= 4 is 23.2 Å². The number of hydrogen-bond donors (Lipinski definition) is 1. The smallest absolute Gasteiger partial charge is 0.355 e. The molecule has 0 bridgehead atoms. The minimum atomic E-state index is -1.00. The van der Waals surface area contributed by atoms with Crippen molar-refractivity contribution in [2.75, 3.05) is 13.1 Å². The maximum absolute atomic E-state index is 12.8. The fourth-order valence-electron chi connectivity index (χ4n) is 2.93. The second-order valence-electron chi connectivity index (χ2n) is 5.74. The van der Waals surface area contributed by atoms with Crippen molar-refractivity contribution in [3.63, 3.8) is 0 Å². The predicted octanol–water partition coefficient (Wildman–Crippen LogP) is 2.30. The Morgan fingerprint density at radius 2 is 2.00 bits per heavy atom. The highest BCUT2D eigenvalue weighted by Gasteiger charge is 2.38. The van der Waals surface area contributed by atoms with Crippen LogP contribution in [0.15, 0.2) is 5.38 Å². The zero-order valence-electron chi connectivity index (χ0n) is 11.5. The molecule has 5 nitrogen and oxygen atoms in total. The lowest BCUT2D eigenvalue weighted by atomic mass is 9.82. The van der Waals surface area contributed by atoms with Crippen LogP contribution in [0.3, 0.4) is 0 Å². The maximum atomic E-state index is 12.8. The Hall–Kier alpha value is -1.50. The number of carboxylic acids is 1. The number of alkyl halides is 1. The Kier molecular flexibility index (Phi) is 3.93. The number of aromatic carboxylic acids is 1. The first-order chi connectivity index (χ1) is 10.0. The van der Waals surface area contributed by atoms with Gasteiger partial charge >= 0.3 is 5.97 Å². The molecule has 1 aromatic heterocycles. The normalized spacial score (nSPS) is 26.4. The lowest BCUT2D eigenvalue weighted by molar-refractivity contribution is -0.141. The standard InChI is InChI=1S/C14H17FN2O3S/c15-10-5-9(6-10)13(18)17-3-1-8(2-4-17)12-16-11(7-21-12)14(19)20/h7-10H,1-6H2,(H,19,20). The third kappa shape index (κ3) is 2.92. The quantitative estimate of drug-likeness (QED) is 0.929. The number of aromatic nitrogens is 1. The van der Waals surface area contributed by atoms with Gasteiger partial charge in [0.1, 0.15) is 6.17 Å². The number of carboxylic acid groups (broad SMARTS) is 1. The van der Waals surface area contributed by atoms with Crippen LogP contribution in [0.1, 0.15) is 47.1 Å². The van der Waals surface area contributed by atoms with E-state index in [0.29, 0.717) is 25.9 Å². The molecule has 1 saturated carbocycles. The zero-order chi connectivity index (χ0) is 15.0. The molecule has 2 fully saturated rings. The van der Waals surface area contributed by atoms with Gasteiger partial charge in [0.15, 0.2) is 5.69 Å². The summed E-state index contributed by atoms with van der Waals surface area (Å²) in [6, 6.07) is 0. The van der Waals surface area contributed by atoms with E-state index in [1.807, 2.05) is 4.90 Å². The summed E-state index contributed by atoms with van der Waals surface area (Å²) in [4.78, 5) is 28.9. The summed E-state index contributed by atoms with van der Waals surface area (Å²) < 4.78 is 12.8. The average molecular weight is 312 g/mol. The summed E-state index contributed by atoms with van der Waals surface area (Å²) in [6.45, 7) is 1.30. The van der Waals surface area contributed by atoms with Crippen LogP contribution in [0.5, 0.6) is 0 Å². The second-order valence-corrected chi connectivity index (χ2v) is 6.63. The minimum Gasteiger partial charge on any atom is -0.476 e. The van der Waals surface area contributed by atoms with Crippen LogP contribution in [0.25, 0.3) is 0 Å². The van der Waals surface area contributed by atoms with E-state index in [0.717, 1.165) is 17.8 Å². The monoisotopic (exact) mass is 312 g/mol. The van der Waals surface area contributed by atoms with Crippen molar-refractivity contribution in [3.8, 4) is 0 Å². The molecule has 1 aromatic rings. The van der Waals surface area contributed by atoms with E-state index in [-0.39, 0.29) is 23.4 Å². The van der Waals surface area contributed by atoms with E-state index >= 15 is 0 Å². The van der Waals surface area contributed by atoms with Gasteiger partial charge in [-0.25, -0.2) is 14.2 Å². The number of piperidine rings is 1. The molecule has 2 aliphatic rings. The minimum absolute atomic E-state index is 0.0766. The molecule has 21 heavy (non-hydrogen) atoms. The molecule has 1 aliphatic heterocycles. The first-order valence-electron chi connectivity index (χ1n) is 7.16. The van der Waals surface area contributed by atoms with Crippen LogP contribution in [-0.2, 0) is 4.79 Å². The van der Waals surface area contributed by atoms with Crippen molar-refractivity contribution in [2.24, 2.45) is 5.92 Å². The molecule has 114 valence electrons. The molecule has 2 heterocycles. The molecule has 0 atom stereocenters. The average Bonchev–Trinajstić information content (AvgIpc) is 2.93. The van der Waals surface area contributed by atoms with Gasteiger partial charge in [0, 0.05) is 30.3 Å². The Bertz CT molecular complexity index is 548. The number of hydrogen-bond acceptors (Lipinski definition) is 4. The van der Waals surface area contributed by atoms with Crippen LogP contribution >= 0.6 is 11.3 Å². The number of likely N-dealkylation sites (tertiary alicyclic amines) is 1. The van der Waals surface area contributed by atoms with Gasteiger partial charge in [-0.3, -0.25) is 4.79 Å². The van der Waals surface area contributed by atoms with Crippen LogP contribution in [0, 0.1) is 5.92 Å². The largest absolute Gasteiger partial charge is 0.476 e. The summed E-state index contributed by atoms with van der Waals surface area (Å²) in [5, 5.41) is 11.3. The van der Waals surface area contributed by atoms with Gasteiger partial charge in [0.25, 0.3) is 0 Å². The van der Waals surface area contributed by atoms with Gasteiger partial charge in [-0.2, -0.15) is 0 Å². The molecule has 0 aromatic carbocycles. The van der Waals surface area contributed by atoms with Crippen molar-refractivity contribution < 1.29 is 19.1 Å². The number of carbonyl (C=O) groups is 2. The Balaban J connectivity index is 1.54. The number of rotatable bonds is 3. The van der Waals surface area contributed by atoms with E-state index in [4.69, 9.17) is 5.11 Å². The van der Waals surface area contributed by atoms with E-state index in [1.54, 1.807) is 5.38 Å². The predicted molar refractivity (Wildman–Crippen MR) is 75.2 cm³/mol. The zero-order valence-corrected chi connectivity index (χ0v) is 12.3. The fourth-order valence-corrected chi connectivity index (χ4v) is 3.89. The first-order valence-corrected chi connectivity index (χ1v) is 8.04. The maximum Gasteiger partial charge on any atom is 0.355 e. The van der Waals surface area contributed by atoms with E-state index in [9.17, 15) is 14.0 Å². The number of thiazole rings is 1. The topological polar surface area (TPSA) is 70.5 Å². The first kappa shape index (κ1) is 14.4. The van der Waals surface area contributed by atoms with Gasteiger partial charge in [-0.05, 0) is 25.7 Å². The van der Waals surface area contributed by atoms with Crippen molar-refractivity contribution in [1.82, 2.24) is 9.88 Å². The highest BCUT2D eigenvalue weighted by molar-refractivity contribution is 7.09. The van der Waals surface area contributed by atoms with Crippen LogP contribution in [0.2, 0.25) is 0 Å². The Morgan fingerprint density at radius 3 is 2.52 bits per heavy atom. The van der Waals surface area contributed by atoms with Crippen molar-refractivity contribution in [1.29, 1.82) is 0 Å². The van der Waals surface area contributed by atoms with Gasteiger partial charge in [-0.15, -0.1) is 11.3 Å².